The molecule has 0 aliphatic rings. The third-order valence-electron chi connectivity index (χ3n) is 16.3. The van der Waals surface area contributed by atoms with Gasteiger partial charge in [0.15, 0.2) is 12.2 Å². The van der Waals surface area contributed by atoms with E-state index in [0.29, 0.717) is 25.7 Å². The van der Waals surface area contributed by atoms with Gasteiger partial charge in [-0.3, -0.25) is 37.3 Å². The zero-order valence-corrected chi connectivity index (χ0v) is 63.7. The van der Waals surface area contributed by atoms with Crippen LogP contribution in [-0.4, -0.2) is 96.7 Å². The van der Waals surface area contributed by atoms with Gasteiger partial charge in [-0.2, -0.15) is 0 Å². The fourth-order valence-electron chi connectivity index (χ4n) is 10.4. The molecule has 0 aliphatic heterocycles. The average molecular weight is 1420 g/mol. The topological polar surface area (TPSA) is 237 Å². The SMILES string of the molecule is CC/C=C\C/C=C\C/C=C\CCCCCCCCCC(=O)OCC(COP(=O)(O)OCC(O)COP(=O)(O)OCC(COC(=O)CCCCCCC/C=C\CCCCCCCC)OC(=O)CCCCCCC/C=C\CCCCCC)OC(=O)CCCCCCC/C=C\C/C=C\CCC. The summed E-state index contributed by atoms with van der Waals surface area (Å²) in [4.78, 5) is 72.9. The Balaban J connectivity index is 5.34. The number of unbranched alkanes of at least 4 members (excludes halogenated alkanes) is 33. The monoisotopic (exact) mass is 1420 g/mol. The quantitative estimate of drug-likeness (QED) is 0.0169. The molecule has 0 amide bonds. The number of phosphoric ester groups is 2. The van der Waals surface area contributed by atoms with Gasteiger partial charge in [0, 0.05) is 25.7 Å². The fraction of sp³-hybridized carbons (Fsp3) is 0.772. The van der Waals surface area contributed by atoms with Crippen LogP contribution in [0.2, 0.25) is 0 Å². The van der Waals surface area contributed by atoms with Gasteiger partial charge in [0.2, 0.25) is 0 Å². The molecule has 0 saturated heterocycles. The van der Waals surface area contributed by atoms with Crippen molar-refractivity contribution >= 4 is 39.5 Å². The van der Waals surface area contributed by atoms with Crippen molar-refractivity contribution in [2.75, 3.05) is 39.6 Å². The van der Waals surface area contributed by atoms with Crippen LogP contribution >= 0.6 is 15.6 Å². The van der Waals surface area contributed by atoms with Crippen molar-refractivity contribution in [2.24, 2.45) is 0 Å². The number of ether oxygens (including phenoxy) is 4. The van der Waals surface area contributed by atoms with Crippen LogP contribution in [0, 0.1) is 0 Å². The van der Waals surface area contributed by atoms with Crippen LogP contribution < -0.4 is 0 Å². The largest absolute Gasteiger partial charge is 0.472 e. The minimum Gasteiger partial charge on any atom is -0.462 e. The van der Waals surface area contributed by atoms with E-state index in [4.69, 9.17) is 37.0 Å². The molecule has 98 heavy (non-hydrogen) atoms. The lowest BCUT2D eigenvalue weighted by molar-refractivity contribution is -0.161. The summed E-state index contributed by atoms with van der Waals surface area (Å²) in [6, 6.07) is 0. The number of rotatable bonds is 73. The molecule has 5 atom stereocenters. The Labute approximate surface area is 595 Å². The van der Waals surface area contributed by atoms with Gasteiger partial charge in [-0.1, -0.05) is 260 Å². The summed E-state index contributed by atoms with van der Waals surface area (Å²) in [5.74, 6) is -2.20. The third kappa shape index (κ3) is 70.7. The maximum Gasteiger partial charge on any atom is 0.472 e. The number of allylic oxidation sites excluding steroid dienone is 14. The maximum atomic E-state index is 13.1. The van der Waals surface area contributed by atoms with E-state index in [2.05, 4.69) is 113 Å². The first kappa shape index (κ1) is 94.2. The summed E-state index contributed by atoms with van der Waals surface area (Å²) in [6.45, 7) is 4.67. The first-order valence-electron chi connectivity index (χ1n) is 38.8. The molecule has 0 aromatic carbocycles. The Hall–Kier alpha value is -3.76. The predicted octanol–water partition coefficient (Wildman–Crippen LogP) is 22.2. The highest BCUT2D eigenvalue weighted by molar-refractivity contribution is 7.47. The summed E-state index contributed by atoms with van der Waals surface area (Å²) in [5, 5.41) is 10.6. The minimum atomic E-state index is -4.98. The summed E-state index contributed by atoms with van der Waals surface area (Å²) in [7, 11) is -9.95. The highest BCUT2D eigenvalue weighted by Gasteiger charge is 2.30. The number of carbonyl (C=O) groups is 4. The van der Waals surface area contributed by atoms with E-state index in [1.54, 1.807) is 0 Å². The Bertz CT molecular complexity index is 2190. The predicted molar refractivity (Wildman–Crippen MR) is 399 cm³/mol. The van der Waals surface area contributed by atoms with Crippen molar-refractivity contribution in [3.05, 3.63) is 85.1 Å². The number of hydrogen-bond acceptors (Lipinski definition) is 15. The second kappa shape index (κ2) is 71.6. The van der Waals surface area contributed by atoms with Gasteiger partial charge in [-0.25, -0.2) is 9.13 Å². The average Bonchev–Trinajstić information content (AvgIpc) is 0.969. The van der Waals surface area contributed by atoms with Crippen LogP contribution in [0.15, 0.2) is 85.1 Å². The molecular formula is C79H140O17P2. The van der Waals surface area contributed by atoms with Crippen LogP contribution in [0.3, 0.4) is 0 Å². The van der Waals surface area contributed by atoms with Gasteiger partial charge in [0.1, 0.15) is 19.3 Å². The standard InChI is InChI=1S/C79H140O17P2/c1-5-9-13-17-21-25-29-33-35-36-38-42-44-48-52-56-60-64-77(82)90-70-75(96-79(84)66-62-58-54-50-46-40-32-28-24-20-16-12-8-4)72-94-98(87,88)92-68-73(80)67-91-97(85,86)93-71-74(95-78(83)65-61-57-53-49-45-39-31-27-23-19-15-11-7-3)69-89-76(81)63-59-55-51-47-43-41-37-34-30-26-22-18-14-10-6-2/h9,13,16,20-21,25,27-28,31-35,37,73-75,80H,5-8,10-12,14-15,17-19,22-24,26,29-30,36,38-72H2,1-4H3,(H,85,86)(H,87,88)/b13-9-,20-16-,25-21-,31-27-,32-28-,35-33-,37-34-. The van der Waals surface area contributed by atoms with Crippen LogP contribution in [0.5, 0.6) is 0 Å². The molecule has 0 bridgehead atoms. The van der Waals surface area contributed by atoms with Crippen LogP contribution in [0.1, 0.15) is 336 Å². The lowest BCUT2D eigenvalue weighted by Gasteiger charge is -2.21. The third-order valence-corrected chi connectivity index (χ3v) is 18.2. The van der Waals surface area contributed by atoms with Crippen molar-refractivity contribution in [1.29, 1.82) is 0 Å². The molecule has 17 nitrogen and oxygen atoms in total. The zero-order chi connectivity index (χ0) is 71.8. The maximum absolute atomic E-state index is 13.1. The molecule has 0 rings (SSSR count). The van der Waals surface area contributed by atoms with Gasteiger partial charge in [-0.05, 0) is 135 Å². The smallest absolute Gasteiger partial charge is 0.462 e. The molecule has 0 radical (unpaired) electrons. The van der Waals surface area contributed by atoms with Crippen molar-refractivity contribution in [2.45, 2.75) is 354 Å². The second-order valence-electron chi connectivity index (χ2n) is 25.9. The summed E-state index contributed by atoms with van der Waals surface area (Å²) >= 11 is 0. The van der Waals surface area contributed by atoms with E-state index >= 15 is 0 Å². The molecule has 0 fully saturated rings. The summed E-state index contributed by atoms with van der Waals surface area (Å²) in [5.41, 5.74) is 0. The highest BCUT2D eigenvalue weighted by Crippen LogP contribution is 2.45. The lowest BCUT2D eigenvalue weighted by Crippen LogP contribution is -2.30. The molecule has 0 aromatic heterocycles. The van der Waals surface area contributed by atoms with Crippen LogP contribution in [0.4, 0.5) is 0 Å². The van der Waals surface area contributed by atoms with Crippen molar-refractivity contribution in [3.63, 3.8) is 0 Å². The Morgan fingerprint density at radius 3 is 0.878 bits per heavy atom. The molecule has 5 unspecified atom stereocenters. The van der Waals surface area contributed by atoms with E-state index in [0.717, 1.165) is 193 Å². The Morgan fingerprint density at radius 2 is 0.551 bits per heavy atom. The molecule has 0 aliphatic carbocycles. The van der Waals surface area contributed by atoms with E-state index in [-0.39, 0.29) is 25.7 Å². The molecule has 0 heterocycles. The van der Waals surface area contributed by atoms with Gasteiger partial charge in [-0.15, -0.1) is 0 Å². The minimum absolute atomic E-state index is 0.0771. The number of aliphatic hydroxyl groups is 1. The van der Waals surface area contributed by atoms with Gasteiger partial charge in [0.25, 0.3) is 0 Å². The van der Waals surface area contributed by atoms with E-state index < -0.39 is 97.5 Å². The molecule has 0 spiro atoms. The van der Waals surface area contributed by atoms with Gasteiger partial charge in [0.05, 0.1) is 26.4 Å². The number of aliphatic hydroxyl groups excluding tert-OH is 1. The van der Waals surface area contributed by atoms with Crippen LogP contribution in [-0.2, 0) is 65.4 Å². The number of phosphoric acid groups is 2. The molecule has 568 valence electrons. The number of hydrogen-bond donors (Lipinski definition) is 3. The fourth-order valence-corrected chi connectivity index (χ4v) is 12.0. The van der Waals surface area contributed by atoms with E-state index in [1.807, 2.05) is 0 Å². The van der Waals surface area contributed by atoms with E-state index in [9.17, 15) is 43.2 Å². The lowest BCUT2D eigenvalue weighted by atomic mass is 10.1. The van der Waals surface area contributed by atoms with Crippen molar-refractivity contribution in [3.8, 4) is 0 Å². The van der Waals surface area contributed by atoms with Crippen molar-refractivity contribution in [1.82, 2.24) is 0 Å². The van der Waals surface area contributed by atoms with Crippen molar-refractivity contribution < 1.29 is 80.2 Å². The number of esters is 4. The van der Waals surface area contributed by atoms with E-state index in [1.165, 1.54) is 64.2 Å². The molecular weight excluding hydrogens is 1280 g/mol. The number of carbonyl (C=O) groups excluding carboxylic acids is 4. The first-order chi connectivity index (χ1) is 47.7. The molecule has 0 aromatic rings. The Morgan fingerprint density at radius 1 is 0.296 bits per heavy atom. The first-order valence-corrected chi connectivity index (χ1v) is 41.8. The molecule has 19 heteroatoms. The molecule has 3 N–H and O–H groups in total. The summed E-state index contributed by atoms with van der Waals surface area (Å²) in [6.07, 6.45) is 72.8. The highest BCUT2D eigenvalue weighted by atomic mass is 31.2. The summed E-state index contributed by atoms with van der Waals surface area (Å²) < 4.78 is 68.5. The van der Waals surface area contributed by atoms with Gasteiger partial charge >= 0.3 is 39.5 Å². The second-order valence-corrected chi connectivity index (χ2v) is 28.8. The van der Waals surface area contributed by atoms with Crippen LogP contribution in [0.25, 0.3) is 0 Å². The zero-order valence-electron chi connectivity index (χ0n) is 62.0. The Kier molecular flexibility index (Phi) is 68.9. The molecule has 0 saturated carbocycles. The van der Waals surface area contributed by atoms with Gasteiger partial charge < -0.3 is 33.8 Å². The normalized spacial score (nSPS) is 14.4.